The van der Waals surface area contributed by atoms with Gasteiger partial charge in [-0.3, -0.25) is 14.3 Å². The van der Waals surface area contributed by atoms with Gasteiger partial charge in [0.1, 0.15) is 5.82 Å². The van der Waals surface area contributed by atoms with Crippen LogP contribution in [0.1, 0.15) is 41.8 Å². The molecule has 0 spiro atoms. The van der Waals surface area contributed by atoms with Gasteiger partial charge in [0.15, 0.2) is 5.69 Å². The minimum atomic E-state index is -4.67. The van der Waals surface area contributed by atoms with E-state index in [9.17, 15) is 27.2 Å². The van der Waals surface area contributed by atoms with Gasteiger partial charge in [-0.1, -0.05) is 17.7 Å². The zero-order valence-electron chi connectivity index (χ0n) is 16.8. The van der Waals surface area contributed by atoms with Crippen molar-refractivity contribution in [1.82, 2.24) is 14.7 Å². The second-order valence-corrected chi connectivity index (χ2v) is 8.74. The first-order chi connectivity index (χ1) is 15.0. The van der Waals surface area contributed by atoms with E-state index in [1.54, 1.807) is 0 Å². The number of fused-ring (bicyclic) bond motifs is 1. The topological polar surface area (TPSA) is 75.4 Å². The standard InChI is InChI=1S/C21H20ClF4N3O3/c22-14-2-1-12(16(23)8-14)9-29-17-10-28(4-3-15(17)19(27-29)21(24,25)26)18(30)7-11-5-13(6-11)20(31)32/h1-2,8,11,13H,3-7,9-10H2,(H,31,32). The number of hydrogen-bond donors (Lipinski definition) is 1. The molecular weight excluding hydrogens is 454 g/mol. The molecule has 6 nitrogen and oxygen atoms in total. The molecule has 2 aliphatic rings. The van der Waals surface area contributed by atoms with E-state index in [1.165, 1.54) is 17.0 Å². The van der Waals surface area contributed by atoms with Gasteiger partial charge in [0.05, 0.1) is 24.7 Å². The third-order valence-corrected chi connectivity index (χ3v) is 6.38. The lowest BCUT2D eigenvalue weighted by atomic mass is 9.73. The number of carboxylic acids is 1. The Morgan fingerprint density at radius 2 is 1.97 bits per heavy atom. The molecule has 0 radical (unpaired) electrons. The van der Waals surface area contributed by atoms with Crippen LogP contribution in [0.4, 0.5) is 17.6 Å². The smallest absolute Gasteiger partial charge is 0.435 e. The molecule has 4 rings (SSSR count). The molecule has 0 bridgehead atoms. The number of nitrogens with zero attached hydrogens (tertiary/aromatic N) is 3. The van der Waals surface area contributed by atoms with Gasteiger partial charge >= 0.3 is 12.1 Å². The van der Waals surface area contributed by atoms with Crippen molar-refractivity contribution in [3.05, 3.63) is 51.6 Å². The molecule has 0 saturated heterocycles. The number of rotatable bonds is 5. The number of carbonyl (C=O) groups is 2. The molecule has 1 saturated carbocycles. The summed E-state index contributed by atoms with van der Waals surface area (Å²) in [7, 11) is 0. The van der Waals surface area contributed by atoms with Crippen molar-refractivity contribution >= 4 is 23.5 Å². The molecule has 1 fully saturated rings. The van der Waals surface area contributed by atoms with Crippen molar-refractivity contribution in [2.45, 2.75) is 44.9 Å². The molecule has 1 N–H and O–H groups in total. The summed E-state index contributed by atoms with van der Waals surface area (Å²) in [6, 6.07) is 3.91. The van der Waals surface area contributed by atoms with Crippen LogP contribution in [0.2, 0.25) is 5.02 Å². The van der Waals surface area contributed by atoms with Crippen molar-refractivity contribution < 1.29 is 32.3 Å². The summed E-state index contributed by atoms with van der Waals surface area (Å²) in [6.45, 7) is -0.182. The Labute approximate surface area is 185 Å². The van der Waals surface area contributed by atoms with E-state index >= 15 is 0 Å². The molecule has 1 aliphatic heterocycles. The predicted molar refractivity (Wildman–Crippen MR) is 105 cm³/mol. The molecule has 32 heavy (non-hydrogen) atoms. The summed E-state index contributed by atoms with van der Waals surface area (Å²) in [5.74, 6) is -2.25. The van der Waals surface area contributed by atoms with Gasteiger partial charge in [-0.15, -0.1) is 0 Å². The van der Waals surface area contributed by atoms with Crippen LogP contribution in [0.5, 0.6) is 0 Å². The Kier molecular flexibility index (Phi) is 5.91. The van der Waals surface area contributed by atoms with Gasteiger partial charge in [-0.2, -0.15) is 18.3 Å². The normalized spacial score (nSPS) is 20.6. The van der Waals surface area contributed by atoms with Gasteiger partial charge in [0.2, 0.25) is 5.91 Å². The van der Waals surface area contributed by atoms with Gasteiger partial charge in [-0.25, -0.2) is 4.39 Å². The Hall–Kier alpha value is -2.62. The van der Waals surface area contributed by atoms with E-state index in [4.69, 9.17) is 16.7 Å². The number of aromatic nitrogens is 2. The third-order valence-electron chi connectivity index (χ3n) is 6.14. The number of aliphatic carboxylic acids is 1. The van der Waals surface area contributed by atoms with Gasteiger partial charge in [0.25, 0.3) is 0 Å². The molecule has 0 unspecified atom stereocenters. The minimum absolute atomic E-state index is 0.0125. The highest BCUT2D eigenvalue weighted by Crippen LogP contribution is 2.38. The van der Waals surface area contributed by atoms with Crippen molar-refractivity contribution in [3.8, 4) is 0 Å². The van der Waals surface area contributed by atoms with Gasteiger partial charge in [-0.05, 0) is 37.3 Å². The molecule has 1 amide bonds. The minimum Gasteiger partial charge on any atom is -0.481 e. The Morgan fingerprint density at radius 3 is 2.59 bits per heavy atom. The largest absolute Gasteiger partial charge is 0.481 e. The van der Waals surface area contributed by atoms with Gasteiger partial charge in [0, 0.05) is 29.1 Å². The van der Waals surface area contributed by atoms with E-state index in [0.717, 1.165) is 10.7 Å². The number of carboxylic acid groups (broad SMARTS) is 1. The summed E-state index contributed by atoms with van der Waals surface area (Å²) >= 11 is 5.75. The molecule has 2 heterocycles. The molecular formula is C21H20ClF4N3O3. The fourth-order valence-corrected chi connectivity index (χ4v) is 4.50. The fraction of sp³-hybridized carbons (Fsp3) is 0.476. The van der Waals surface area contributed by atoms with Crippen LogP contribution in [0.3, 0.4) is 0 Å². The molecule has 2 aromatic rings. The summed E-state index contributed by atoms with van der Waals surface area (Å²) < 4.78 is 56.0. The molecule has 172 valence electrons. The van der Waals surface area contributed by atoms with Crippen LogP contribution in [0.25, 0.3) is 0 Å². The van der Waals surface area contributed by atoms with E-state index in [0.29, 0.717) is 12.8 Å². The maximum absolute atomic E-state index is 14.2. The van der Waals surface area contributed by atoms with Crippen LogP contribution >= 0.6 is 11.6 Å². The van der Waals surface area contributed by atoms with E-state index < -0.39 is 29.6 Å². The van der Waals surface area contributed by atoms with Crippen LogP contribution < -0.4 is 0 Å². The summed E-state index contributed by atoms with van der Waals surface area (Å²) in [4.78, 5) is 25.1. The van der Waals surface area contributed by atoms with Crippen LogP contribution in [-0.2, 0) is 35.3 Å². The Morgan fingerprint density at radius 1 is 1.25 bits per heavy atom. The van der Waals surface area contributed by atoms with Crippen LogP contribution in [-0.4, -0.2) is 38.2 Å². The predicted octanol–water partition coefficient (Wildman–Crippen LogP) is 4.13. The van der Waals surface area contributed by atoms with Crippen molar-refractivity contribution in [2.75, 3.05) is 6.54 Å². The molecule has 1 aromatic carbocycles. The lowest BCUT2D eigenvalue weighted by Gasteiger charge is -2.34. The van der Waals surface area contributed by atoms with Gasteiger partial charge < -0.3 is 10.0 Å². The van der Waals surface area contributed by atoms with E-state index in [-0.39, 0.29) is 66.1 Å². The number of hydrogen-bond acceptors (Lipinski definition) is 3. The average Bonchev–Trinajstić information content (AvgIpc) is 3.04. The number of halogens is 5. The fourth-order valence-electron chi connectivity index (χ4n) is 4.34. The number of benzene rings is 1. The van der Waals surface area contributed by atoms with E-state index in [2.05, 4.69) is 5.10 Å². The first-order valence-electron chi connectivity index (χ1n) is 10.1. The molecule has 1 aliphatic carbocycles. The molecule has 0 atom stereocenters. The molecule has 1 aromatic heterocycles. The number of amides is 1. The lowest BCUT2D eigenvalue weighted by Crippen LogP contribution is -2.40. The zero-order chi connectivity index (χ0) is 23.2. The SMILES string of the molecule is O=C(O)C1CC(CC(=O)N2CCc3c(C(F)(F)F)nn(Cc4ccc(Cl)cc4F)c3C2)C1. The first-order valence-corrected chi connectivity index (χ1v) is 10.5. The number of alkyl halides is 3. The monoisotopic (exact) mass is 473 g/mol. The second-order valence-electron chi connectivity index (χ2n) is 8.31. The zero-order valence-corrected chi connectivity index (χ0v) is 17.6. The quantitative estimate of drug-likeness (QED) is 0.663. The first kappa shape index (κ1) is 22.6. The Bertz CT molecular complexity index is 1060. The second kappa shape index (κ2) is 8.38. The maximum atomic E-state index is 14.2. The van der Waals surface area contributed by atoms with Crippen molar-refractivity contribution in [1.29, 1.82) is 0 Å². The number of carbonyl (C=O) groups excluding carboxylic acids is 1. The average molecular weight is 474 g/mol. The highest BCUT2D eigenvalue weighted by atomic mass is 35.5. The maximum Gasteiger partial charge on any atom is 0.435 e. The summed E-state index contributed by atoms with van der Waals surface area (Å²) in [5.41, 5.74) is -0.642. The summed E-state index contributed by atoms with van der Waals surface area (Å²) in [5, 5.41) is 12.9. The van der Waals surface area contributed by atoms with Crippen molar-refractivity contribution in [3.63, 3.8) is 0 Å². The van der Waals surface area contributed by atoms with Crippen molar-refractivity contribution in [2.24, 2.45) is 11.8 Å². The van der Waals surface area contributed by atoms with Crippen LogP contribution in [0.15, 0.2) is 18.2 Å². The highest BCUT2D eigenvalue weighted by Gasteiger charge is 2.42. The third kappa shape index (κ3) is 4.46. The van der Waals surface area contributed by atoms with Crippen LogP contribution in [0, 0.1) is 17.7 Å². The Balaban J connectivity index is 1.55. The highest BCUT2D eigenvalue weighted by molar-refractivity contribution is 6.30. The van der Waals surface area contributed by atoms with E-state index in [1.807, 2.05) is 0 Å². The summed E-state index contributed by atoms with van der Waals surface area (Å²) in [6.07, 6.45) is -3.68. The molecule has 11 heteroatoms. The lowest BCUT2D eigenvalue weighted by molar-refractivity contribution is -0.148.